The molecule has 0 aromatic carbocycles. The molecule has 3 heterocycles. The molecule has 0 aliphatic carbocycles. The molecular weight excluding hydrogens is 472 g/mol. The van der Waals surface area contributed by atoms with Crippen molar-refractivity contribution in [3.8, 4) is 0 Å². The molecule has 0 amide bonds. The molecule has 3 fully saturated rings. The van der Waals surface area contributed by atoms with Crippen molar-refractivity contribution in [2.24, 2.45) is 0 Å². The Bertz CT molecular complexity index is 678. The van der Waals surface area contributed by atoms with Gasteiger partial charge in [-0.1, -0.05) is 0 Å². The molecule has 16 heteroatoms. The summed E-state index contributed by atoms with van der Waals surface area (Å²) in [6.07, 6.45) is -24.5. The summed E-state index contributed by atoms with van der Waals surface area (Å²) in [6, 6.07) is 0. The normalized spacial score (nSPS) is 50.1. The van der Waals surface area contributed by atoms with Crippen LogP contribution in [0.15, 0.2) is 0 Å². The maximum Gasteiger partial charge on any atom is 0.337 e. The number of ether oxygens (including phenoxy) is 6. The zero-order valence-corrected chi connectivity index (χ0v) is 17.9. The molecule has 34 heavy (non-hydrogen) atoms. The number of hydrogen-bond acceptors (Lipinski definition) is 16. The fourth-order valence-corrected chi connectivity index (χ4v) is 3.84. The van der Waals surface area contributed by atoms with Gasteiger partial charge in [0.15, 0.2) is 25.0 Å². The van der Waals surface area contributed by atoms with Gasteiger partial charge in [0, 0.05) is 0 Å². The van der Waals surface area contributed by atoms with Crippen LogP contribution in [0.2, 0.25) is 0 Å². The number of methoxy groups -OCH3 is 1. The van der Waals surface area contributed by atoms with Crippen molar-refractivity contribution in [1.82, 2.24) is 0 Å². The van der Waals surface area contributed by atoms with Crippen molar-refractivity contribution < 1.29 is 79.2 Å². The number of aliphatic hydroxyl groups excluding tert-OH is 9. The van der Waals surface area contributed by atoms with Gasteiger partial charge < -0.3 is 74.4 Å². The Hall–Kier alpha value is -1.09. The summed E-state index contributed by atoms with van der Waals surface area (Å²) in [7, 11) is 0.989. The van der Waals surface area contributed by atoms with E-state index in [1.54, 1.807) is 0 Å². The van der Waals surface area contributed by atoms with Gasteiger partial charge in [-0.05, 0) is 0 Å². The summed E-state index contributed by atoms with van der Waals surface area (Å²) in [5.41, 5.74) is 0. The zero-order chi connectivity index (χ0) is 25.3. The van der Waals surface area contributed by atoms with Crippen molar-refractivity contribution in [2.45, 2.75) is 86.0 Å². The minimum atomic E-state index is -2.04. The van der Waals surface area contributed by atoms with Crippen molar-refractivity contribution in [3.63, 3.8) is 0 Å². The lowest BCUT2D eigenvalue weighted by molar-refractivity contribution is -0.379. The van der Waals surface area contributed by atoms with Crippen LogP contribution in [0.25, 0.3) is 0 Å². The van der Waals surface area contributed by atoms with E-state index in [2.05, 4.69) is 4.74 Å². The number of carbonyl (C=O) groups excluding carboxylic acids is 1. The van der Waals surface area contributed by atoms with Crippen LogP contribution in [0.4, 0.5) is 0 Å². The highest BCUT2D eigenvalue weighted by atomic mass is 16.8. The monoisotopic (exact) mass is 502 g/mol. The molecule has 16 nitrogen and oxygen atoms in total. The Labute approximate surface area is 192 Å². The van der Waals surface area contributed by atoms with E-state index in [4.69, 9.17) is 23.7 Å². The fourth-order valence-electron chi connectivity index (χ4n) is 3.84. The van der Waals surface area contributed by atoms with E-state index >= 15 is 0 Å². The summed E-state index contributed by atoms with van der Waals surface area (Å²) in [6.45, 7) is -1.24. The molecule has 0 aromatic rings. The lowest BCUT2D eigenvalue weighted by atomic mass is 9.96. The van der Waals surface area contributed by atoms with Crippen LogP contribution < -0.4 is 0 Å². The summed E-state index contributed by atoms with van der Waals surface area (Å²) in [5.74, 6) is -1.10. The van der Waals surface area contributed by atoms with Crippen molar-refractivity contribution in [2.75, 3.05) is 20.3 Å². The molecule has 198 valence electrons. The first-order valence-electron chi connectivity index (χ1n) is 10.4. The first kappa shape index (κ1) is 27.5. The van der Waals surface area contributed by atoms with E-state index in [0.717, 1.165) is 7.11 Å². The second-order valence-electron chi connectivity index (χ2n) is 8.11. The summed E-state index contributed by atoms with van der Waals surface area (Å²) in [4.78, 5) is 12.0. The van der Waals surface area contributed by atoms with Crippen LogP contribution in [-0.4, -0.2) is 158 Å². The van der Waals surface area contributed by atoms with Crippen molar-refractivity contribution >= 4 is 5.97 Å². The first-order chi connectivity index (χ1) is 16.0. The smallest absolute Gasteiger partial charge is 0.337 e. The number of aliphatic hydroxyl groups is 9. The molecule has 0 bridgehead atoms. The van der Waals surface area contributed by atoms with E-state index in [-0.39, 0.29) is 0 Å². The molecule has 0 radical (unpaired) electrons. The maximum atomic E-state index is 12.0. The molecule has 0 saturated carbocycles. The van der Waals surface area contributed by atoms with E-state index in [0.29, 0.717) is 0 Å². The molecular formula is C18H30O16. The Morgan fingerprint density at radius 2 is 1.41 bits per heavy atom. The maximum absolute atomic E-state index is 12.0. The SMILES string of the molecule is COC(=O)[C@H]1O[C@H](O)[C@H](O[C@@H]2O[C@H](CO)[C@H](O)[C@H](O)[C@H]2O)[C@@H](O[C@@H]2OC[C@@H](O)[C@H](O)[C@H]2O)[C@@H]1O. The second-order valence-corrected chi connectivity index (χ2v) is 8.11. The van der Waals surface area contributed by atoms with Gasteiger partial charge in [-0.15, -0.1) is 0 Å². The van der Waals surface area contributed by atoms with Gasteiger partial charge in [0.1, 0.15) is 61.0 Å². The molecule has 9 N–H and O–H groups in total. The fraction of sp³-hybridized carbons (Fsp3) is 0.944. The minimum absolute atomic E-state index is 0.469. The van der Waals surface area contributed by atoms with Gasteiger partial charge in [0.2, 0.25) is 0 Å². The van der Waals surface area contributed by atoms with Gasteiger partial charge in [-0.25, -0.2) is 4.79 Å². The number of carbonyl (C=O) groups is 1. The molecule has 3 aliphatic heterocycles. The van der Waals surface area contributed by atoms with Gasteiger partial charge in [-0.3, -0.25) is 0 Å². The third-order valence-electron chi connectivity index (χ3n) is 5.86. The molecule has 0 unspecified atom stereocenters. The molecule has 14 atom stereocenters. The van der Waals surface area contributed by atoms with Crippen molar-refractivity contribution in [3.05, 3.63) is 0 Å². The number of rotatable bonds is 6. The Morgan fingerprint density at radius 1 is 0.794 bits per heavy atom. The van der Waals surface area contributed by atoms with Crippen LogP contribution in [-0.2, 0) is 33.2 Å². The predicted octanol–water partition coefficient (Wildman–Crippen LogP) is -6.75. The van der Waals surface area contributed by atoms with Gasteiger partial charge >= 0.3 is 5.97 Å². The summed E-state index contributed by atoms with van der Waals surface area (Å²) < 4.78 is 30.9. The van der Waals surface area contributed by atoms with Crippen molar-refractivity contribution in [1.29, 1.82) is 0 Å². The molecule has 3 aliphatic rings. The first-order valence-corrected chi connectivity index (χ1v) is 10.4. The number of hydrogen-bond donors (Lipinski definition) is 9. The molecule has 0 aromatic heterocycles. The third-order valence-corrected chi connectivity index (χ3v) is 5.86. The van der Waals surface area contributed by atoms with E-state index in [9.17, 15) is 50.8 Å². The highest BCUT2D eigenvalue weighted by Crippen LogP contribution is 2.32. The zero-order valence-electron chi connectivity index (χ0n) is 17.9. The summed E-state index contributed by atoms with van der Waals surface area (Å²) >= 11 is 0. The van der Waals surface area contributed by atoms with E-state index < -0.39 is 105 Å². The van der Waals surface area contributed by atoms with E-state index in [1.807, 2.05) is 0 Å². The van der Waals surface area contributed by atoms with Crippen LogP contribution in [0.3, 0.4) is 0 Å². The highest BCUT2D eigenvalue weighted by Gasteiger charge is 2.54. The standard InChI is InChI=1S/C18H30O16/c1-29-15(27)13-11(26)12(33-17-9(24)6(21)4(20)3-30-17)14(16(28)32-13)34-18-10(25)8(23)7(22)5(2-19)31-18/h4-14,16-26,28H,2-3H2,1H3/t4-,5-,6+,7+,8+,9-,10-,11+,12+,13+,14-,16+,17+,18+/m1/s1. The number of esters is 1. The Morgan fingerprint density at radius 3 is 2.03 bits per heavy atom. The van der Waals surface area contributed by atoms with Gasteiger partial charge in [-0.2, -0.15) is 0 Å². The predicted molar refractivity (Wildman–Crippen MR) is 100 cm³/mol. The lowest BCUT2D eigenvalue weighted by Gasteiger charge is -2.47. The Balaban J connectivity index is 1.84. The largest absolute Gasteiger partial charge is 0.467 e. The second kappa shape index (κ2) is 11.3. The quantitative estimate of drug-likeness (QED) is 0.153. The van der Waals surface area contributed by atoms with Crippen LogP contribution in [0.1, 0.15) is 0 Å². The average molecular weight is 502 g/mol. The van der Waals surface area contributed by atoms with E-state index in [1.165, 1.54) is 0 Å². The average Bonchev–Trinajstić information content (AvgIpc) is 2.82. The third kappa shape index (κ3) is 5.35. The molecule has 3 rings (SSSR count). The summed E-state index contributed by atoms with van der Waals surface area (Å²) in [5, 5.41) is 90.3. The van der Waals surface area contributed by atoms with Crippen LogP contribution in [0.5, 0.6) is 0 Å². The lowest BCUT2D eigenvalue weighted by Crippen LogP contribution is -2.66. The van der Waals surface area contributed by atoms with Crippen LogP contribution in [0, 0.1) is 0 Å². The Kier molecular flexibility index (Phi) is 9.15. The molecule has 0 spiro atoms. The van der Waals surface area contributed by atoms with Crippen LogP contribution >= 0.6 is 0 Å². The van der Waals surface area contributed by atoms with Gasteiger partial charge in [0.05, 0.1) is 20.3 Å². The minimum Gasteiger partial charge on any atom is -0.467 e. The highest BCUT2D eigenvalue weighted by molar-refractivity contribution is 5.75. The molecule has 3 saturated heterocycles. The topological polar surface area (TPSA) is 255 Å². The van der Waals surface area contributed by atoms with Gasteiger partial charge in [0.25, 0.3) is 0 Å².